The van der Waals surface area contributed by atoms with Crippen molar-refractivity contribution in [1.29, 1.82) is 0 Å². The molecule has 4 nitrogen and oxygen atoms in total. The van der Waals surface area contributed by atoms with Gasteiger partial charge in [0.1, 0.15) is 11.4 Å². The summed E-state index contributed by atoms with van der Waals surface area (Å²) in [5.41, 5.74) is 1.70. The lowest BCUT2D eigenvalue weighted by Crippen LogP contribution is -2.27. The molecule has 3 aromatic rings. The third-order valence-corrected chi connectivity index (χ3v) is 4.26. The molecule has 0 fully saturated rings. The number of nitrogens with zero attached hydrogens (tertiary/aromatic N) is 1. The van der Waals surface area contributed by atoms with Crippen molar-refractivity contribution in [1.82, 2.24) is 4.98 Å². The first kappa shape index (κ1) is 14.3. The number of halogens is 1. The van der Waals surface area contributed by atoms with Gasteiger partial charge in [-0.15, -0.1) is 11.6 Å². The third-order valence-electron chi connectivity index (χ3n) is 3.97. The van der Waals surface area contributed by atoms with Gasteiger partial charge in [0.05, 0.1) is 16.3 Å². The molecule has 4 rings (SSSR count). The minimum atomic E-state index is -0.417. The molecule has 0 unspecified atom stereocenters. The van der Waals surface area contributed by atoms with Crippen LogP contribution in [0.1, 0.15) is 25.0 Å². The highest BCUT2D eigenvalue weighted by Crippen LogP contribution is 2.38. The Kier molecular flexibility index (Phi) is 3.00. The molecule has 0 amide bonds. The molecule has 0 spiro atoms. The minimum absolute atomic E-state index is 0.119. The number of benzene rings is 1. The quantitative estimate of drug-likeness (QED) is 0.495. The number of hydrogen-bond donors (Lipinski definition) is 0. The van der Waals surface area contributed by atoms with Crippen molar-refractivity contribution in [2.75, 3.05) is 0 Å². The van der Waals surface area contributed by atoms with Gasteiger partial charge in [-0.05, 0) is 49.8 Å². The molecular weight excluding hydrogens is 314 g/mol. The van der Waals surface area contributed by atoms with Crippen LogP contribution in [0, 0.1) is 0 Å². The largest absolute Gasteiger partial charge is 0.483 e. The molecule has 1 aromatic carbocycles. The zero-order valence-electron chi connectivity index (χ0n) is 12.7. The zero-order valence-corrected chi connectivity index (χ0v) is 13.5. The van der Waals surface area contributed by atoms with Gasteiger partial charge in [0.25, 0.3) is 0 Å². The predicted molar refractivity (Wildman–Crippen MR) is 91.1 cm³/mol. The normalized spacial score (nSPS) is 15.6. The van der Waals surface area contributed by atoms with E-state index in [4.69, 9.17) is 20.8 Å². The standard InChI is InChI=1S/C18H14ClNO3/c1-18(2)6-5-11-13(23-18)8-10(9-19)14-15(21)12-4-3-7-20-17(12)22-16(11)14/h3-8H,9H2,1-2H3. The van der Waals surface area contributed by atoms with E-state index >= 15 is 0 Å². The van der Waals surface area contributed by atoms with E-state index in [1.165, 1.54) is 0 Å². The number of rotatable bonds is 1. The van der Waals surface area contributed by atoms with Crippen LogP contribution in [0.5, 0.6) is 5.75 Å². The van der Waals surface area contributed by atoms with Gasteiger partial charge in [-0.2, -0.15) is 0 Å². The van der Waals surface area contributed by atoms with Crippen LogP contribution in [0.15, 0.2) is 39.7 Å². The lowest BCUT2D eigenvalue weighted by atomic mass is 9.97. The van der Waals surface area contributed by atoms with E-state index in [-0.39, 0.29) is 11.3 Å². The highest BCUT2D eigenvalue weighted by Gasteiger charge is 2.26. The van der Waals surface area contributed by atoms with E-state index in [9.17, 15) is 4.79 Å². The van der Waals surface area contributed by atoms with Crippen molar-refractivity contribution >= 4 is 39.7 Å². The van der Waals surface area contributed by atoms with Crippen molar-refractivity contribution in [2.24, 2.45) is 0 Å². The van der Waals surface area contributed by atoms with Crippen molar-refractivity contribution in [3.05, 3.63) is 51.8 Å². The third kappa shape index (κ3) is 2.13. The summed E-state index contributed by atoms with van der Waals surface area (Å²) in [6.45, 7) is 3.93. The summed E-state index contributed by atoms with van der Waals surface area (Å²) in [5, 5.41) is 0.944. The molecule has 23 heavy (non-hydrogen) atoms. The molecule has 0 bridgehead atoms. The number of alkyl halides is 1. The fourth-order valence-corrected chi connectivity index (χ4v) is 3.09. The molecule has 0 atom stereocenters. The van der Waals surface area contributed by atoms with Crippen LogP contribution in [0.3, 0.4) is 0 Å². The smallest absolute Gasteiger partial charge is 0.230 e. The topological polar surface area (TPSA) is 52.3 Å². The summed E-state index contributed by atoms with van der Waals surface area (Å²) < 4.78 is 11.9. The van der Waals surface area contributed by atoms with Crippen molar-refractivity contribution in [3.63, 3.8) is 0 Å². The summed E-state index contributed by atoms with van der Waals surface area (Å²) in [5.74, 6) is 0.868. The van der Waals surface area contributed by atoms with Gasteiger partial charge in [0.2, 0.25) is 11.1 Å². The first-order valence-electron chi connectivity index (χ1n) is 7.32. The number of hydrogen-bond acceptors (Lipinski definition) is 4. The Labute approximate surface area is 137 Å². The van der Waals surface area contributed by atoms with E-state index in [2.05, 4.69) is 4.98 Å². The summed E-state index contributed by atoms with van der Waals surface area (Å²) >= 11 is 6.07. The minimum Gasteiger partial charge on any atom is -0.483 e. The number of ether oxygens (including phenoxy) is 1. The maximum atomic E-state index is 12.9. The Morgan fingerprint density at radius 3 is 2.96 bits per heavy atom. The van der Waals surface area contributed by atoms with E-state index in [1.807, 2.05) is 32.1 Å². The maximum Gasteiger partial charge on any atom is 0.230 e. The van der Waals surface area contributed by atoms with Crippen LogP contribution in [0.25, 0.3) is 28.1 Å². The summed E-state index contributed by atoms with van der Waals surface area (Å²) in [4.78, 5) is 17.0. The molecule has 2 aromatic heterocycles. The Hall–Kier alpha value is -2.33. The molecule has 3 heterocycles. The first-order valence-corrected chi connectivity index (χ1v) is 7.85. The molecule has 0 radical (unpaired) electrons. The van der Waals surface area contributed by atoms with Crippen LogP contribution < -0.4 is 10.2 Å². The monoisotopic (exact) mass is 327 g/mol. The van der Waals surface area contributed by atoms with Gasteiger partial charge in [-0.3, -0.25) is 4.79 Å². The molecule has 116 valence electrons. The molecule has 0 saturated carbocycles. The van der Waals surface area contributed by atoms with E-state index in [0.29, 0.717) is 33.4 Å². The summed E-state index contributed by atoms with van der Waals surface area (Å²) in [7, 11) is 0. The number of fused-ring (bicyclic) bond motifs is 4. The van der Waals surface area contributed by atoms with Gasteiger partial charge in [0.15, 0.2) is 5.58 Å². The van der Waals surface area contributed by atoms with Gasteiger partial charge in [-0.25, -0.2) is 4.98 Å². The average molecular weight is 328 g/mol. The SMILES string of the molecule is CC1(C)C=Cc2c(cc(CCl)c3c(=O)c4cccnc4oc23)O1. The van der Waals surface area contributed by atoms with Gasteiger partial charge in [0, 0.05) is 12.1 Å². The van der Waals surface area contributed by atoms with E-state index in [1.54, 1.807) is 18.3 Å². The lowest BCUT2D eigenvalue weighted by Gasteiger charge is -2.28. The highest BCUT2D eigenvalue weighted by atomic mass is 35.5. The predicted octanol–water partition coefficient (Wildman–Crippen LogP) is 4.26. The second-order valence-corrected chi connectivity index (χ2v) is 6.38. The molecule has 0 saturated heterocycles. The molecule has 1 aliphatic rings. The molecule has 0 N–H and O–H groups in total. The Bertz CT molecular complexity index is 1030. The van der Waals surface area contributed by atoms with Gasteiger partial charge in [-0.1, -0.05) is 0 Å². The van der Waals surface area contributed by atoms with Crippen molar-refractivity contribution < 1.29 is 9.15 Å². The summed E-state index contributed by atoms with van der Waals surface area (Å²) in [6.07, 6.45) is 5.47. The molecular formula is C18H14ClNO3. The molecule has 1 aliphatic heterocycles. The molecule has 5 heteroatoms. The second kappa shape index (κ2) is 4.83. The fraction of sp³-hybridized carbons (Fsp3) is 0.222. The van der Waals surface area contributed by atoms with Gasteiger partial charge >= 0.3 is 0 Å². The van der Waals surface area contributed by atoms with Crippen LogP contribution in [-0.2, 0) is 5.88 Å². The van der Waals surface area contributed by atoms with E-state index in [0.717, 1.165) is 5.56 Å². The van der Waals surface area contributed by atoms with Crippen molar-refractivity contribution in [3.8, 4) is 5.75 Å². The molecule has 0 aliphatic carbocycles. The Morgan fingerprint density at radius 2 is 2.17 bits per heavy atom. The van der Waals surface area contributed by atoms with Crippen molar-refractivity contribution in [2.45, 2.75) is 25.3 Å². The second-order valence-electron chi connectivity index (χ2n) is 6.11. The fourth-order valence-electron chi connectivity index (χ4n) is 2.88. The van der Waals surface area contributed by atoms with Crippen LogP contribution in [-0.4, -0.2) is 10.6 Å². The first-order chi connectivity index (χ1) is 11.0. The number of pyridine rings is 1. The highest BCUT2D eigenvalue weighted by molar-refractivity contribution is 6.18. The average Bonchev–Trinajstić information content (AvgIpc) is 2.53. The van der Waals surface area contributed by atoms with Crippen LogP contribution in [0.4, 0.5) is 0 Å². The van der Waals surface area contributed by atoms with Gasteiger partial charge < -0.3 is 9.15 Å². The van der Waals surface area contributed by atoms with Crippen LogP contribution >= 0.6 is 11.6 Å². The lowest BCUT2D eigenvalue weighted by molar-refractivity contribution is 0.159. The Morgan fingerprint density at radius 1 is 1.35 bits per heavy atom. The Balaban J connectivity index is 2.20. The van der Waals surface area contributed by atoms with Crippen LogP contribution in [0.2, 0.25) is 0 Å². The summed E-state index contributed by atoms with van der Waals surface area (Å²) in [6, 6.07) is 5.25. The zero-order chi connectivity index (χ0) is 16.2. The maximum absolute atomic E-state index is 12.9. The van der Waals surface area contributed by atoms with E-state index < -0.39 is 5.60 Å². The number of aromatic nitrogens is 1.